The Hall–Kier alpha value is -4.73. The van der Waals surface area contributed by atoms with E-state index in [-0.39, 0.29) is 5.56 Å². The highest BCUT2D eigenvalue weighted by Gasteiger charge is 2.17. The van der Waals surface area contributed by atoms with Gasteiger partial charge in [-0.25, -0.2) is 4.98 Å². The van der Waals surface area contributed by atoms with Gasteiger partial charge in [-0.05, 0) is 87.7 Å². The van der Waals surface area contributed by atoms with Gasteiger partial charge in [0.05, 0.1) is 23.7 Å². The van der Waals surface area contributed by atoms with Crippen molar-refractivity contribution in [3.63, 3.8) is 0 Å². The predicted molar refractivity (Wildman–Crippen MR) is 185 cm³/mol. The first kappa shape index (κ1) is 29.0. The average Bonchev–Trinajstić information content (AvgIpc) is 3.48. The minimum Gasteiger partial charge on any atom is -0.490 e. The zero-order valence-electron chi connectivity index (χ0n) is 24.0. The van der Waals surface area contributed by atoms with E-state index in [1.165, 1.54) is 4.68 Å². The van der Waals surface area contributed by atoms with Crippen molar-refractivity contribution in [2.45, 2.75) is 13.5 Å². The third-order valence-electron chi connectivity index (χ3n) is 7.39. The van der Waals surface area contributed by atoms with Crippen LogP contribution < -0.4 is 15.0 Å². The molecule has 7 nitrogen and oxygen atoms in total. The van der Waals surface area contributed by atoms with Gasteiger partial charge in [0.15, 0.2) is 17.3 Å². The fraction of sp³-hybridized carbons (Fsp3) is 0.0833. The summed E-state index contributed by atoms with van der Waals surface area (Å²) in [7, 11) is 0. The lowest BCUT2D eigenvalue weighted by atomic mass is 10.1. The number of ether oxygens (including phenoxy) is 2. The number of nitrogens with zero attached hydrogens (tertiary/aromatic N) is 3. The van der Waals surface area contributed by atoms with Crippen LogP contribution in [0.25, 0.3) is 44.2 Å². The topological polar surface area (TPSA) is 78.9 Å². The largest absolute Gasteiger partial charge is 0.490 e. The second-order valence-corrected chi connectivity index (χ2v) is 12.1. The molecule has 0 saturated heterocycles. The molecule has 0 bridgehead atoms. The molecule has 0 fully saturated rings. The number of rotatable bonds is 8. The smallest absolute Gasteiger partial charge is 0.282 e. The Labute approximate surface area is 275 Å². The maximum absolute atomic E-state index is 13.7. The van der Waals surface area contributed by atoms with Crippen LogP contribution in [0.3, 0.4) is 0 Å². The highest BCUT2D eigenvalue weighted by Crippen LogP contribution is 2.35. The van der Waals surface area contributed by atoms with E-state index >= 15 is 0 Å². The molecule has 0 aliphatic carbocycles. The summed E-state index contributed by atoms with van der Waals surface area (Å²) in [5, 5.41) is 8.25. The van der Waals surface area contributed by atoms with Gasteiger partial charge in [-0.15, -0.1) is 0 Å². The summed E-state index contributed by atoms with van der Waals surface area (Å²) >= 11 is 7.18. The second-order valence-electron chi connectivity index (χ2n) is 10.3. The van der Waals surface area contributed by atoms with Crippen LogP contribution in [0.1, 0.15) is 18.1 Å². The standard InChI is InChI=1S/C36H25Br2N3O4/c1-2-43-32-18-25(29(38)19-33(32)44-21-23-10-7-9-22-8-3-4-11-27(22)23)20-39-41-35(40-30-13-6-5-12-28(30)36(41)42)34-17-24-16-26(37)14-15-31(24)45-34/h3-20H,2,21H2,1H3. The van der Waals surface area contributed by atoms with Crippen LogP contribution in [-0.4, -0.2) is 22.5 Å². The van der Waals surface area contributed by atoms with Crippen LogP contribution in [0.4, 0.5) is 0 Å². The highest BCUT2D eigenvalue weighted by molar-refractivity contribution is 9.10. The molecule has 0 saturated carbocycles. The Bertz CT molecular complexity index is 2300. The monoisotopic (exact) mass is 721 g/mol. The molecule has 0 N–H and O–H groups in total. The Balaban J connectivity index is 1.27. The molecule has 9 heteroatoms. The molecule has 0 spiro atoms. The van der Waals surface area contributed by atoms with Crippen molar-refractivity contribution < 1.29 is 13.9 Å². The third-order valence-corrected chi connectivity index (χ3v) is 8.57. The van der Waals surface area contributed by atoms with Crippen molar-refractivity contribution >= 4 is 70.7 Å². The number of hydrogen-bond donors (Lipinski definition) is 0. The Morgan fingerprint density at radius 1 is 0.844 bits per heavy atom. The van der Waals surface area contributed by atoms with E-state index in [4.69, 9.17) is 18.9 Å². The first-order chi connectivity index (χ1) is 22.0. The normalized spacial score (nSPS) is 11.6. The van der Waals surface area contributed by atoms with Crippen LogP contribution in [0, 0.1) is 0 Å². The minimum atomic E-state index is -0.315. The molecular weight excluding hydrogens is 698 g/mol. The molecule has 0 unspecified atom stereocenters. The van der Waals surface area contributed by atoms with Gasteiger partial charge in [-0.2, -0.15) is 9.78 Å². The van der Waals surface area contributed by atoms with E-state index in [1.807, 2.05) is 67.6 Å². The molecule has 222 valence electrons. The maximum atomic E-state index is 13.7. The lowest BCUT2D eigenvalue weighted by molar-refractivity contribution is 0.270. The molecule has 45 heavy (non-hydrogen) atoms. The van der Waals surface area contributed by atoms with Gasteiger partial charge in [0.2, 0.25) is 5.82 Å². The molecule has 2 heterocycles. The molecule has 0 aliphatic heterocycles. The van der Waals surface area contributed by atoms with Gasteiger partial charge in [0, 0.05) is 19.9 Å². The van der Waals surface area contributed by atoms with E-state index in [0.717, 1.165) is 30.7 Å². The summed E-state index contributed by atoms with van der Waals surface area (Å²) in [4.78, 5) is 18.5. The van der Waals surface area contributed by atoms with Crippen molar-refractivity contribution in [2.24, 2.45) is 5.10 Å². The first-order valence-corrected chi connectivity index (χ1v) is 15.9. The van der Waals surface area contributed by atoms with E-state index < -0.39 is 0 Å². The van der Waals surface area contributed by atoms with E-state index in [1.54, 1.807) is 24.4 Å². The van der Waals surface area contributed by atoms with Crippen LogP contribution in [0.15, 0.2) is 126 Å². The zero-order valence-corrected chi connectivity index (χ0v) is 27.2. The van der Waals surface area contributed by atoms with Crippen molar-refractivity contribution in [1.29, 1.82) is 0 Å². The summed E-state index contributed by atoms with van der Waals surface area (Å²) < 4.78 is 21.3. The van der Waals surface area contributed by atoms with Crippen molar-refractivity contribution in [1.82, 2.24) is 9.66 Å². The Kier molecular flexibility index (Phi) is 7.95. The summed E-state index contributed by atoms with van der Waals surface area (Å²) in [5.74, 6) is 1.87. The average molecular weight is 723 g/mol. The van der Waals surface area contributed by atoms with E-state index in [9.17, 15) is 4.79 Å². The number of aromatic nitrogens is 2. The number of para-hydroxylation sites is 1. The Morgan fingerprint density at radius 2 is 1.62 bits per heavy atom. The van der Waals surface area contributed by atoms with Gasteiger partial charge < -0.3 is 13.9 Å². The van der Waals surface area contributed by atoms with Crippen molar-refractivity contribution in [2.75, 3.05) is 6.61 Å². The number of halogens is 2. The lowest BCUT2D eigenvalue weighted by Gasteiger charge is -2.15. The molecule has 0 amide bonds. The molecule has 7 aromatic rings. The summed E-state index contributed by atoms with van der Waals surface area (Å²) in [6.07, 6.45) is 1.60. The zero-order chi connectivity index (χ0) is 30.9. The van der Waals surface area contributed by atoms with Gasteiger partial charge in [-0.1, -0.05) is 70.5 Å². The van der Waals surface area contributed by atoms with E-state index in [2.05, 4.69) is 61.2 Å². The first-order valence-electron chi connectivity index (χ1n) is 14.3. The number of furan rings is 1. The SMILES string of the molecule is CCOc1cc(C=Nn2c(-c3cc4cc(Br)ccc4o3)nc3ccccc3c2=O)c(Br)cc1OCc1cccc2ccccc12. The maximum Gasteiger partial charge on any atom is 0.282 e. The molecule has 5 aromatic carbocycles. The molecular formula is C36H25Br2N3O4. The fourth-order valence-corrected chi connectivity index (χ4v) is 6.04. The van der Waals surface area contributed by atoms with Crippen LogP contribution in [0.5, 0.6) is 11.5 Å². The van der Waals surface area contributed by atoms with Crippen LogP contribution in [0.2, 0.25) is 0 Å². The highest BCUT2D eigenvalue weighted by atomic mass is 79.9. The molecule has 0 atom stereocenters. The van der Waals surface area contributed by atoms with Crippen LogP contribution in [-0.2, 0) is 6.61 Å². The molecule has 0 aliphatic rings. The van der Waals surface area contributed by atoms with Gasteiger partial charge in [0.1, 0.15) is 12.2 Å². The van der Waals surface area contributed by atoms with Gasteiger partial charge in [0.25, 0.3) is 5.56 Å². The van der Waals surface area contributed by atoms with Crippen LogP contribution >= 0.6 is 31.9 Å². The second kappa shape index (κ2) is 12.3. The third kappa shape index (κ3) is 5.77. The quantitative estimate of drug-likeness (QED) is 0.146. The number of benzene rings is 5. The predicted octanol–water partition coefficient (Wildman–Crippen LogP) is 9.35. The number of hydrogen-bond acceptors (Lipinski definition) is 6. The summed E-state index contributed by atoms with van der Waals surface area (Å²) in [5.41, 5.74) is 2.68. The van der Waals surface area contributed by atoms with Crippen molar-refractivity contribution in [3.05, 3.63) is 134 Å². The lowest BCUT2D eigenvalue weighted by Crippen LogP contribution is -2.20. The van der Waals surface area contributed by atoms with E-state index in [0.29, 0.717) is 58.3 Å². The van der Waals surface area contributed by atoms with Gasteiger partial charge >= 0.3 is 0 Å². The Morgan fingerprint density at radius 3 is 2.49 bits per heavy atom. The van der Waals surface area contributed by atoms with Crippen molar-refractivity contribution in [3.8, 4) is 23.1 Å². The summed E-state index contributed by atoms with van der Waals surface area (Å²) in [6, 6.07) is 32.9. The fourth-order valence-electron chi connectivity index (χ4n) is 5.24. The number of fused-ring (bicyclic) bond motifs is 3. The molecule has 2 aromatic heterocycles. The molecule has 0 radical (unpaired) electrons. The minimum absolute atomic E-state index is 0.290. The van der Waals surface area contributed by atoms with Gasteiger partial charge in [-0.3, -0.25) is 4.79 Å². The summed E-state index contributed by atoms with van der Waals surface area (Å²) in [6.45, 7) is 2.74. The molecule has 7 rings (SSSR count).